The van der Waals surface area contributed by atoms with Crippen molar-refractivity contribution in [1.82, 2.24) is 20.5 Å². The molecule has 0 spiro atoms. The first-order valence-corrected chi connectivity index (χ1v) is 12.4. The van der Waals surface area contributed by atoms with Crippen molar-refractivity contribution < 1.29 is 23.5 Å². The molecule has 1 saturated heterocycles. The standard InChI is InChI=1S/C23H24N6O5S/c1-11(2)24-21(31)26-22-25-16-8-12-9-32-10-17(18(16)35-22)29(12)23-28-27-19(34-23)14-4-3-5-15-13(14)6-7-33-20(15)30/h3-5,11-12,17H,6-10H2,1-2H3,(H2,24,25,26,31)/t12-,17-/m0/s1. The monoisotopic (exact) mass is 496 g/mol. The SMILES string of the molecule is CC(C)NC(=O)Nc1nc2c(s1)[C@@H]1COC[C@H](C2)N1c1nnc(-c2cccc3c2CCOC3=O)o1. The fourth-order valence-electron chi connectivity index (χ4n) is 4.82. The lowest BCUT2D eigenvalue weighted by Crippen LogP contribution is -2.51. The topological polar surface area (TPSA) is 132 Å². The van der Waals surface area contributed by atoms with Gasteiger partial charge in [0.2, 0.25) is 5.89 Å². The van der Waals surface area contributed by atoms with Crippen LogP contribution in [0.4, 0.5) is 15.9 Å². The summed E-state index contributed by atoms with van der Waals surface area (Å²) in [5, 5.41) is 14.9. The fraction of sp³-hybridized carbons (Fsp3) is 0.435. The van der Waals surface area contributed by atoms with Gasteiger partial charge in [0.05, 0.1) is 48.0 Å². The van der Waals surface area contributed by atoms with E-state index in [4.69, 9.17) is 13.9 Å². The number of cyclic esters (lactones) is 1. The Morgan fingerprint density at radius 1 is 1.23 bits per heavy atom. The minimum absolute atomic E-state index is 0.0198. The molecule has 0 saturated carbocycles. The molecule has 2 atom stereocenters. The van der Waals surface area contributed by atoms with Crippen LogP contribution in [0.5, 0.6) is 0 Å². The van der Waals surface area contributed by atoms with Gasteiger partial charge in [0, 0.05) is 24.4 Å². The number of anilines is 2. The summed E-state index contributed by atoms with van der Waals surface area (Å²) in [6.07, 6.45) is 1.24. The van der Waals surface area contributed by atoms with Crippen LogP contribution in [0.1, 0.15) is 46.4 Å². The van der Waals surface area contributed by atoms with E-state index in [1.165, 1.54) is 11.3 Å². The lowest BCUT2D eigenvalue weighted by Gasteiger charge is -2.43. The molecule has 12 heteroatoms. The molecule has 0 aliphatic carbocycles. The number of amides is 2. The molecule has 2 bridgehead atoms. The van der Waals surface area contributed by atoms with E-state index in [1.54, 1.807) is 12.1 Å². The summed E-state index contributed by atoms with van der Waals surface area (Å²) < 4.78 is 17.2. The van der Waals surface area contributed by atoms with E-state index in [1.807, 2.05) is 19.9 Å². The quantitative estimate of drug-likeness (QED) is 0.523. The van der Waals surface area contributed by atoms with Gasteiger partial charge in [0.15, 0.2) is 5.13 Å². The van der Waals surface area contributed by atoms with Gasteiger partial charge >= 0.3 is 18.0 Å². The van der Waals surface area contributed by atoms with Crippen molar-refractivity contribution in [1.29, 1.82) is 0 Å². The van der Waals surface area contributed by atoms with Gasteiger partial charge in [0.25, 0.3) is 0 Å². The van der Waals surface area contributed by atoms with E-state index in [0.717, 1.165) is 21.7 Å². The molecule has 182 valence electrons. The maximum atomic E-state index is 12.2. The number of esters is 1. The first-order valence-electron chi connectivity index (χ1n) is 11.5. The van der Waals surface area contributed by atoms with Gasteiger partial charge in [-0.05, 0) is 31.5 Å². The highest BCUT2D eigenvalue weighted by atomic mass is 32.1. The highest BCUT2D eigenvalue weighted by Crippen LogP contribution is 2.43. The van der Waals surface area contributed by atoms with Crippen molar-refractivity contribution in [3.63, 3.8) is 0 Å². The second-order valence-corrected chi connectivity index (χ2v) is 10.0. The Bertz CT molecular complexity index is 1300. The number of ether oxygens (including phenoxy) is 2. The summed E-state index contributed by atoms with van der Waals surface area (Å²) in [5.74, 6) is 0.0353. The molecule has 0 unspecified atom stereocenters. The van der Waals surface area contributed by atoms with Crippen LogP contribution in [0.3, 0.4) is 0 Å². The van der Waals surface area contributed by atoms with Gasteiger partial charge < -0.3 is 24.1 Å². The third-order valence-electron chi connectivity index (χ3n) is 6.26. The van der Waals surface area contributed by atoms with E-state index < -0.39 is 0 Å². The van der Waals surface area contributed by atoms with E-state index in [0.29, 0.717) is 55.3 Å². The number of hydrogen-bond donors (Lipinski definition) is 2. The molecule has 0 radical (unpaired) electrons. The average Bonchev–Trinajstić information content (AvgIpc) is 3.45. The third-order valence-corrected chi connectivity index (χ3v) is 7.38. The highest BCUT2D eigenvalue weighted by Gasteiger charge is 2.43. The molecule has 3 aliphatic heterocycles. The van der Waals surface area contributed by atoms with E-state index in [-0.39, 0.29) is 30.1 Å². The second-order valence-electron chi connectivity index (χ2n) is 9.01. The number of aromatic nitrogens is 3. The maximum absolute atomic E-state index is 12.2. The van der Waals surface area contributed by atoms with Gasteiger partial charge in [0.1, 0.15) is 0 Å². The van der Waals surface area contributed by atoms with Crippen molar-refractivity contribution in [2.24, 2.45) is 0 Å². The van der Waals surface area contributed by atoms with E-state index in [2.05, 4.69) is 30.7 Å². The van der Waals surface area contributed by atoms with Gasteiger partial charge in [-0.3, -0.25) is 5.32 Å². The van der Waals surface area contributed by atoms with Gasteiger partial charge in [-0.15, -0.1) is 5.10 Å². The Labute approximate surface area is 204 Å². The number of urea groups is 1. The summed E-state index contributed by atoms with van der Waals surface area (Å²) >= 11 is 1.43. The average molecular weight is 497 g/mol. The molecule has 1 aromatic carbocycles. The van der Waals surface area contributed by atoms with Crippen LogP contribution in [0.25, 0.3) is 11.5 Å². The number of nitrogens with zero attached hydrogens (tertiary/aromatic N) is 4. The van der Waals surface area contributed by atoms with Crippen LogP contribution >= 0.6 is 11.3 Å². The number of benzene rings is 1. The second kappa shape index (κ2) is 8.61. The minimum atomic E-state index is -0.334. The van der Waals surface area contributed by atoms with Gasteiger partial charge in [-0.25, -0.2) is 14.6 Å². The number of thiazole rings is 1. The van der Waals surface area contributed by atoms with Crippen molar-refractivity contribution in [2.75, 3.05) is 30.0 Å². The van der Waals surface area contributed by atoms with Crippen LogP contribution in [0, 0.1) is 0 Å². The first-order chi connectivity index (χ1) is 17.0. The van der Waals surface area contributed by atoms with Crippen molar-refractivity contribution in [3.05, 3.63) is 39.9 Å². The zero-order valence-electron chi connectivity index (χ0n) is 19.2. The lowest BCUT2D eigenvalue weighted by atomic mass is 9.97. The summed E-state index contributed by atoms with van der Waals surface area (Å²) in [4.78, 5) is 32.1. The van der Waals surface area contributed by atoms with Crippen LogP contribution < -0.4 is 15.5 Å². The Morgan fingerprint density at radius 2 is 2.09 bits per heavy atom. The Hall–Kier alpha value is -3.51. The smallest absolute Gasteiger partial charge is 0.338 e. The van der Waals surface area contributed by atoms with Gasteiger partial charge in [-0.2, -0.15) is 0 Å². The van der Waals surface area contributed by atoms with E-state index >= 15 is 0 Å². The largest absolute Gasteiger partial charge is 0.462 e. The Morgan fingerprint density at radius 3 is 2.94 bits per heavy atom. The number of hydrogen-bond acceptors (Lipinski definition) is 10. The van der Waals surface area contributed by atoms with Crippen LogP contribution in [-0.4, -0.2) is 59.1 Å². The predicted octanol–water partition coefficient (Wildman–Crippen LogP) is 2.94. The number of rotatable bonds is 4. The van der Waals surface area contributed by atoms with Crippen LogP contribution in [0.2, 0.25) is 0 Å². The third kappa shape index (κ3) is 3.92. The number of carbonyl (C=O) groups excluding carboxylic acids is 2. The molecule has 3 aliphatic rings. The molecular formula is C23H24N6O5S. The summed E-state index contributed by atoms with van der Waals surface area (Å²) in [6, 6.07) is 5.42. The molecule has 2 N–H and O–H groups in total. The van der Waals surface area contributed by atoms with Crippen molar-refractivity contribution >= 4 is 34.5 Å². The maximum Gasteiger partial charge on any atom is 0.338 e. The zero-order chi connectivity index (χ0) is 24.1. The number of nitrogens with one attached hydrogen (secondary N) is 2. The Balaban J connectivity index is 1.30. The summed E-state index contributed by atoms with van der Waals surface area (Å²) in [7, 11) is 0. The zero-order valence-corrected chi connectivity index (χ0v) is 20.1. The number of fused-ring (bicyclic) bond motifs is 5. The highest BCUT2D eigenvalue weighted by molar-refractivity contribution is 7.16. The van der Waals surface area contributed by atoms with Gasteiger partial charge in [-0.1, -0.05) is 22.5 Å². The van der Waals surface area contributed by atoms with E-state index in [9.17, 15) is 9.59 Å². The van der Waals surface area contributed by atoms with Crippen molar-refractivity contribution in [2.45, 2.75) is 44.8 Å². The van der Waals surface area contributed by atoms with Crippen LogP contribution in [-0.2, 0) is 22.3 Å². The number of carbonyl (C=O) groups is 2. The molecule has 5 heterocycles. The predicted molar refractivity (Wildman–Crippen MR) is 127 cm³/mol. The minimum Gasteiger partial charge on any atom is -0.462 e. The lowest BCUT2D eigenvalue weighted by molar-refractivity contribution is 0.0480. The molecule has 1 fully saturated rings. The molecule has 2 amide bonds. The molecule has 6 rings (SSSR count). The molecule has 3 aromatic rings. The summed E-state index contributed by atoms with van der Waals surface area (Å²) in [6.45, 7) is 5.10. The number of morpholine rings is 1. The molecule has 35 heavy (non-hydrogen) atoms. The summed E-state index contributed by atoms with van der Waals surface area (Å²) in [5.41, 5.74) is 3.10. The normalized spacial score (nSPS) is 20.8. The van der Waals surface area contributed by atoms with Crippen molar-refractivity contribution in [3.8, 4) is 11.5 Å². The Kier molecular flexibility index (Phi) is 5.41. The molecule has 2 aromatic heterocycles. The molecule has 11 nitrogen and oxygen atoms in total. The first kappa shape index (κ1) is 22.0. The fourth-order valence-corrected chi connectivity index (χ4v) is 5.89. The molecular weight excluding hydrogens is 472 g/mol. The van der Waals surface area contributed by atoms with Crippen LogP contribution in [0.15, 0.2) is 22.6 Å².